The van der Waals surface area contributed by atoms with Crippen LogP contribution in [0.1, 0.15) is 60.3 Å². The number of halogens is 1. The van der Waals surface area contributed by atoms with Gasteiger partial charge in [-0.05, 0) is 69.1 Å². The van der Waals surface area contributed by atoms with Gasteiger partial charge in [-0.15, -0.1) is 0 Å². The predicted molar refractivity (Wildman–Crippen MR) is 98.8 cm³/mol. The van der Waals surface area contributed by atoms with Gasteiger partial charge >= 0.3 is 0 Å². The van der Waals surface area contributed by atoms with Crippen molar-refractivity contribution in [1.82, 2.24) is 5.32 Å². The molecule has 122 valence electrons. The molecule has 2 bridgehead atoms. The average Bonchev–Trinajstić information content (AvgIpc) is 2.69. The highest BCUT2D eigenvalue weighted by atomic mass is 127. The fourth-order valence-corrected chi connectivity index (χ4v) is 4.06. The lowest BCUT2D eigenvalue weighted by Gasteiger charge is -2.35. The van der Waals surface area contributed by atoms with Gasteiger partial charge in [0.2, 0.25) is 0 Å². The Morgan fingerprint density at radius 3 is 2.71 bits per heavy atom. The maximum absolute atomic E-state index is 6.34. The van der Waals surface area contributed by atoms with Gasteiger partial charge in [0.15, 0.2) is 0 Å². The molecule has 0 amide bonds. The molecule has 2 nitrogen and oxygen atoms in total. The van der Waals surface area contributed by atoms with E-state index in [1.165, 1.54) is 22.8 Å². The predicted octanol–water partition coefficient (Wildman–Crippen LogP) is 4.92. The molecular weight excluding hydrogens is 373 g/mol. The second-order valence-corrected chi connectivity index (χ2v) is 9.22. The molecule has 5 atom stereocenters. The Hall–Kier alpha value is 0.390. The Balaban J connectivity index is 1.84. The van der Waals surface area contributed by atoms with Crippen LogP contribution >= 0.6 is 22.6 Å². The first-order valence-corrected chi connectivity index (χ1v) is 9.63. The van der Waals surface area contributed by atoms with Crippen molar-refractivity contribution in [3.8, 4) is 0 Å². The van der Waals surface area contributed by atoms with Crippen LogP contribution in [-0.4, -0.2) is 24.8 Å². The van der Waals surface area contributed by atoms with E-state index >= 15 is 0 Å². The van der Waals surface area contributed by atoms with Crippen molar-refractivity contribution >= 4 is 22.6 Å². The highest BCUT2D eigenvalue weighted by Gasteiger charge is 2.39. The lowest BCUT2D eigenvalue weighted by molar-refractivity contribution is -0.0309. The van der Waals surface area contributed by atoms with Crippen molar-refractivity contribution in [3.05, 3.63) is 9.66 Å². The standard InChI is InChI=1S/C18H32INO/c1-6-14(19)8-13(3)18(4,5)11-21-16-9-15-7-12(2)17(10-16)20-15/h8,12-13,15-17,20H,6-7,9-11H2,1-5H3/b14-8+/t12-,13?,15?,16?,17?/m1/s1. The minimum Gasteiger partial charge on any atom is -0.378 e. The summed E-state index contributed by atoms with van der Waals surface area (Å²) in [5.74, 6) is 1.38. The smallest absolute Gasteiger partial charge is 0.0605 e. The van der Waals surface area contributed by atoms with E-state index in [1.807, 2.05) is 0 Å². The topological polar surface area (TPSA) is 21.3 Å². The molecule has 2 aliphatic rings. The Labute approximate surface area is 144 Å². The number of hydrogen-bond acceptors (Lipinski definition) is 2. The fourth-order valence-electron chi connectivity index (χ4n) is 3.52. The molecule has 2 aliphatic heterocycles. The normalized spacial score (nSPS) is 35.0. The largest absolute Gasteiger partial charge is 0.378 e. The average molecular weight is 405 g/mol. The van der Waals surface area contributed by atoms with Crippen LogP contribution in [0.5, 0.6) is 0 Å². The van der Waals surface area contributed by atoms with Crippen LogP contribution in [0, 0.1) is 17.3 Å². The van der Waals surface area contributed by atoms with Crippen LogP contribution < -0.4 is 5.32 Å². The van der Waals surface area contributed by atoms with Gasteiger partial charge in [0.05, 0.1) is 12.7 Å². The summed E-state index contributed by atoms with van der Waals surface area (Å²) in [7, 11) is 0. The number of nitrogens with one attached hydrogen (secondary N) is 1. The van der Waals surface area contributed by atoms with Gasteiger partial charge in [-0.2, -0.15) is 0 Å². The van der Waals surface area contributed by atoms with E-state index in [1.54, 1.807) is 0 Å². The van der Waals surface area contributed by atoms with E-state index in [2.05, 4.69) is 68.6 Å². The van der Waals surface area contributed by atoms with Gasteiger partial charge in [0, 0.05) is 12.1 Å². The van der Waals surface area contributed by atoms with E-state index in [0.29, 0.717) is 24.1 Å². The fraction of sp³-hybridized carbons (Fsp3) is 0.889. The lowest BCUT2D eigenvalue weighted by atomic mass is 9.80. The van der Waals surface area contributed by atoms with Crippen molar-refractivity contribution in [1.29, 1.82) is 0 Å². The first-order valence-electron chi connectivity index (χ1n) is 8.55. The van der Waals surface area contributed by atoms with Crippen molar-refractivity contribution in [2.75, 3.05) is 6.61 Å². The number of hydrogen-bond donors (Lipinski definition) is 1. The first-order chi connectivity index (χ1) is 9.81. The molecule has 2 heterocycles. The van der Waals surface area contributed by atoms with Crippen molar-refractivity contribution in [2.24, 2.45) is 17.3 Å². The summed E-state index contributed by atoms with van der Waals surface area (Å²) >= 11 is 2.46. The second kappa shape index (κ2) is 7.31. The van der Waals surface area contributed by atoms with Gasteiger partial charge in [-0.25, -0.2) is 0 Å². The molecule has 4 unspecified atom stereocenters. The van der Waals surface area contributed by atoms with E-state index < -0.39 is 0 Å². The first kappa shape index (κ1) is 17.7. The van der Waals surface area contributed by atoms with E-state index in [-0.39, 0.29) is 5.41 Å². The lowest BCUT2D eigenvalue weighted by Crippen LogP contribution is -2.43. The molecule has 1 N–H and O–H groups in total. The van der Waals surface area contributed by atoms with Crippen molar-refractivity contribution < 1.29 is 4.74 Å². The van der Waals surface area contributed by atoms with Crippen LogP contribution in [0.2, 0.25) is 0 Å². The third-order valence-corrected chi connectivity index (χ3v) is 6.67. The van der Waals surface area contributed by atoms with Gasteiger partial charge in [0.1, 0.15) is 0 Å². The highest BCUT2D eigenvalue weighted by Crippen LogP contribution is 2.35. The maximum Gasteiger partial charge on any atom is 0.0605 e. The zero-order valence-electron chi connectivity index (χ0n) is 14.3. The Bertz CT molecular complexity index is 377. The third kappa shape index (κ3) is 4.68. The van der Waals surface area contributed by atoms with Crippen molar-refractivity contribution in [2.45, 2.75) is 78.5 Å². The van der Waals surface area contributed by atoms with Crippen LogP contribution in [-0.2, 0) is 4.74 Å². The summed E-state index contributed by atoms with van der Waals surface area (Å²) in [5.41, 5.74) is 0.209. The third-order valence-electron chi connectivity index (χ3n) is 5.55. The monoisotopic (exact) mass is 405 g/mol. The summed E-state index contributed by atoms with van der Waals surface area (Å²) in [6.45, 7) is 12.5. The number of fused-ring (bicyclic) bond motifs is 2. The van der Waals surface area contributed by atoms with Gasteiger partial charge in [-0.1, -0.05) is 40.7 Å². The molecule has 2 fully saturated rings. The van der Waals surface area contributed by atoms with Crippen LogP contribution in [0.3, 0.4) is 0 Å². The van der Waals surface area contributed by atoms with E-state index in [9.17, 15) is 0 Å². The van der Waals surface area contributed by atoms with Crippen molar-refractivity contribution in [3.63, 3.8) is 0 Å². The van der Waals surface area contributed by atoms with Crippen LogP contribution in [0.15, 0.2) is 9.66 Å². The molecule has 2 saturated heterocycles. The van der Waals surface area contributed by atoms with Gasteiger partial charge in [0.25, 0.3) is 0 Å². The zero-order valence-corrected chi connectivity index (χ0v) is 16.4. The Kier molecular flexibility index (Phi) is 6.17. The number of allylic oxidation sites excluding steroid dienone is 2. The molecule has 3 heteroatoms. The minimum atomic E-state index is 0.209. The quantitative estimate of drug-likeness (QED) is 0.634. The molecule has 0 aliphatic carbocycles. The summed E-state index contributed by atoms with van der Waals surface area (Å²) in [4.78, 5) is 0. The summed E-state index contributed by atoms with van der Waals surface area (Å²) < 4.78 is 7.80. The summed E-state index contributed by atoms with van der Waals surface area (Å²) in [6.07, 6.45) is 7.75. The van der Waals surface area contributed by atoms with Crippen LogP contribution in [0.25, 0.3) is 0 Å². The molecular formula is C18H32INO. The number of rotatable bonds is 6. The molecule has 21 heavy (non-hydrogen) atoms. The molecule has 0 aromatic rings. The molecule has 0 aromatic heterocycles. The molecule has 2 rings (SSSR count). The minimum absolute atomic E-state index is 0.209. The second-order valence-electron chi connectivity index (χ2n) is 7.83. The Morgan fingerprint density at radius 1 is 1.38 bits per heavy atom. The van der Waals surface area contributed by atoms with E-state index in [0.717, 1.165) is 18.9 Å². The van der Waals surface area contributed by atoms with Gasteiger partial charge < -0.3 is 10.1 Å². The van der Waals surface area contributed by atoms with E-state index in [4.69, 9.17) is 4.74 Å². The summed E-state index contributed by atoms with van der Waals surface area (Å²) in [6, 6.07) is 1.39. The number of ether oxygens (including phenoxy) is 1. The maximum atomic E-state index is 6.34. The molecule has 0 radical (unpaired) electrons. The highest BCUT2D eigenvalue weighted by molar-refractivity contribution is 14.1. The number of piperidine rings is 1. The SMILES string of the molecule is CC/C(I)=C\C(C)C(C)(C)COC1CC2C[C@@H](C)C(C1)N2. The Morgan fingerprint density at radius 2 is 2.10 bits per heavy atom. The molecule has 0 saturated carbocycles. The molecule has 0 aromatic carbocycles. The summed E-state index contributed by atoms with van der Waals surface area (Å²) in [5, 5.41) is 3.73. The zero-order chi connectivity index (χ0) is 15.6. The van der Waals surface area contributed by atoms with Gasteiger partial charge in [-0.3, -0.25) is 0 Å². The molecule has 0 spiro atoms. The van der Waals surface area contributed by atoms with Crippen LogP contribution in [0.4, 0.5) is 0 Å².